The summed E-state index contributed by atoms with van der Waals surface area (Å²) in [5.41, 5.74) is 0. The molecular weight excluding hydrogens is 299 g/mol. The molecule has 1 heterocycles. The fraction of sp³-hybridized carbons (Fsp3) is 0.588. The van der Waals surface area contributed by atoms with Crippen molar-refractivity contribution >= 4 is 5.91 Å². The highest BCUT2D eigenvalue weighted by Gasteiger charge is 2.39. The number of halogens is 1. The van der Waals surface area contributed by atoms with Gasteiger partial charge in [-0.25, -0.2) is 4.39 Å². The van der Waals surface area contributed by atoms with Crippen LogP contribution in [0.25, 0.3) is 0 Å². The van der Waals surface area contributed by atoms with Crippen molar-refractivity contribution < 1.29 is 19.0 Å². The van der Waals surface area contributed by atoms with Crippen LogP contribution in [-0.4, -0.2) is 53.8 Å². The standard InChI is InChI=1S/C17H23FN2O3/c18-12-4-3-5-13(10-12)23-11-16(21)19-14-6-7-15(17(14)22)20-8-1-2-9-20/h3-5,10,14-15,17,22H,1-2,6-9,11H2,(H,19,21)/t14-,15-,17-/m1/s1. The smallest absolute Gasteiger partial charge is 0.258 e. The zero-order chi connectivity index (χ0) is 16.2. The number of likely N-dealkylation sites (tertiary alicyclic amines) is 1. The fourth-order valence-corrected chi connectivity index (χ4v) is 3.54. The molecule has 0 radical (unpaired) electrons. The van der Waals surface area contributed by atoms with Gasteiger partial charge in [-0.3, -0.25) is 9.69 Å². The van der Waals surface area contributed by atoms with E-state index >= 15 is 0 Å². The minimum Gasteiger partial charge on any atom is -0.484 e. The molecule has 1 aliphatic heterocycles. The largest absolute Gasteiger partial charge is 0.484 e. The third-order valence-corrected chi connectivity index (χ3v) is 4.70. The van der Waals surface area contributed by atoms with Crippen LogP contribution < -0.4 is 10.1 Å². The van der Waals surface area contributed by atoms with Gasteiger partial charge in [0.2, 0.25) is 0 Å². The Morgan fingerprint density at radius 3 is 2.87 bits per heavy atom. The number of hydrogen-bond acceptors (Lipinski definition) is 4. The number of ether oxygens (including phenoxy) is 1. The summed E-state index contributed by atoms with van der Waals surface area (Å²) in [6, 6.07) is 5.60. The van der Waals surface area contributed by atoms with E-state index in [0.29, 0.717) is 5.75 Å². The molecule has 1 aliphatic carbocycles. The highest BCUT2D eigenvalue weighted by Crippen LogP contribution is 2.27. The van der Waals surface area contributed by atoms with Gasteiger partial charge in [0.05, 0.1) is 12.1 Å². The number of amides is 1. The van der Waals surface area contributed by atoms with Crippen molar-refractivity contribution in [2.45, 2.75) is 43.9 Å². The minimum absolute atomic E-state index is 0.145. The molecule has 1 amide bonds. The van der Waals surface area contributed by atoms with Crippen molar-refractivity contribution in [1.29, 1.82) is 0 Å². The van der Waals surface area contributed by atoms with Gasteiger partial charge in [-0.05, 0) is 50.9 Å². The number of carbonyl (C=O) groups is 1. The predicted molar refractivity (Wildman–Crippen MR) is 83.7 cm³/mol. The van der Waals surface area contributed by atoms with Gasteiger partial charge in [-0.1, -0.05) is 6.07 Å². The molecule has 0 bridgehead atoms. The van der Waals surface area contributed by atoms with Crippen molar-refractivity contribution in [2.75, 3.05) is 19.7 Å². The van der Waals surface area contributed by atoms with Crippen LogP contribution in [0.3, 0.4) is 0 Å². The summed E-state index contributed by atoms with van der Waals surface area (Å²) < 4.78 is 18.3. The monoisotopic (exact) mass is 322 g/mol. The summed E-state index contributed by atoms with van der Waals surface area (Å²) in [6.45, 7) is 1.89. The topological polar surface area (TPSA) is 61.8 Å². The van der Waals surface area contributed by atoms with Crippen molar-refractivity contribution in [3.63, 3.8) is 0 Å². The Morgan fingerprint density at radius 2 is 2.13 bits per heavy atom. The van der Waals surface area contributed by atoms with Gasteiger partial charge >= 0.3 is 0 Å². The van der Waals surface area contributed by atoms with Crippen molar-refractivity contribution in [2.24, 2.45) is 0 Å². The first kappa shape index (κ1) is 16.2. The molecule has 2 aliphatic rings. The van der Waals surface area contributed by atoms with E-state index in [1.165, 1.54) is 31.0 Å². The van der Waals surface area contributed by atoms with Crippen LogP contribution in [0.4, 0.5) is 4.39 Å². The van der Waals surface area contributed by atoms with Crippen LogP contribution in [0.5, 0.6) is 5.75 Å². The van der Waals surface area contributed by atoms with Gasteiger partial charge in [0.15, 0.2) is 6.61 Å². The van der Waals surface area contributed by atoms with Crippen molar-refractivity contribution in [1.82, 2.24) is 10.2 Å². The molecule has 3 rings (SSSR count). The first-order valence-electron chi connectivity index (χ1n) is 8.23. The van der Waals surface area contributed by atoms with E-state index in [1.807, 2.05) is 0 Å². The lowest BCUT2D eigenvalue weighted by Gasteiger charge is -2.28. The molecule has 1 saturated heterocycles. The van der Waals surface area contributed by atoms with Crippen LogP contribution in [0, 0.1) is 5.82 Å². The number of nitrogens with zero attached hydrogens (tertiary/aromatic N) is 1. The number of carbonyl (C=O) groups excluding carboxylic acids is 1. The van der Waals surface area contributed by atoms with E-state index in [0.717, 1.165) is 25.9 Å². The number of aliphatic hydroxyl groups is 1. The minimum atomic E-state index is -0.536. The lowest BCUT2D eigenvalue weighted by molar-refractivity contribution is -0.124. The zero-order valence-corrected chi connectivity index (χ0v) is 13.1. The molecule has 1 aromatic carbocycles. The van der Waals surface area contributed by atoms with Crippen molar-refractivity contribution in [3.8, 4) is 5.75 Å². The molecule has 3 atom stereocenters. The zero-order valence-electron chi connectivity index (χ0n) is 13.1. The second kappa shape index (κ2) is 7.27. The number of hydrogen-bond donors (Lipinski definition) is 2. The maximum Gasteiger partial charge on any atom is 0.258 e. The van der Waals surface area contributed by atoms with E-state index < -0.39 is 11.9 Å². The van der Waals surface area contributed by atoms with E-state index in [4.69, 9.17) is 4.74 Å². The molecule has 23 heavy (non-hydrogen) atoms. The van der Waals surface area contributed by atoms with Crippen LogP contribution in [0.2, 0.25) is 0 Å². The van der Waals surface area contributed by atoms with Gasteiger partial charge in [0.1, 0.15) is 11.6 Å². The van der Waals surface area contributed by atoms with E-state index in [2.05, 4.69) is 10.2 Å². The SMILES string of the molecule is O=C(COc1cccc(F)c1)N[C@@H]1CC[C@@H](N2CCCC2)[C@@H]1O. The Kier molecular flexibility index (Phi) is 5.13. The van der Waals surface area contributed by atoms with Gasteiger partial charge in [0.25, 0.3) is 5.91 Å². The lowest BCUT2D eigenvalue weighted by Crippen LogP contribution is -2.48. The molecule has 5 nitrogen and oxygen atoms in total. The van der Waals surface area contributed by atoms with Crippen LogP contribution in [0.1, 0.15) is 25.7 Å². The molecule has 1 aromatic rings. The normalized spacial score (nSPS) is 28.0. The Balaban J connectivity index is 1.46. The summed E-state index contributed by atoms with van der Waals surface area (Å²) >= 11 is 0. The fourth-order valence-electron chi connectivity index (χ4n) is 3.54. The average molecular weight is 322 g/mol. The number of aliphatic hydroxyl groups excluding tert-OH is 1. The summed E-state index contributed by atoms with van der Waals surface area (Å²) in [4.78, 5) is 14.3. The maximum atomic E-state index is 13.0. The van der Waals surface area contributed by atoms with Gasteiger partial charge in [-0.15, -0.1) is 0 Å². The Bertz CT molecular complexity index is 548. The Hall–Kier alpha value is -1.66. The second-order valence-electron chi connectivity index (χ2n) is 6.30. The molecule has 6 heteroatoms. The van der Waals surface area contributed by atoms with Gasteiger partial charge < -0.3 is 15.2 Å². The molecule has 1 saturated carbocycles. The molecule has 0 unspecified atom stereocenters. The van der Waals surface area contributed by atoms with Gasteiger partial charge in [0, 0.05) is 12.1 Å². The number of benzene rings is 1. The quantitative estimate of drug-likeness (QED) is 0.858. The Labute approximate surface area is 135 Å². The van der Waals surface area contributed by atoms with Crippen molar-refractivity contribution in [3.05, 3.63) is 30.1 Å². The third-order valence-electron chi connectivity index (χ3n) is 4.70. The number of nitrogens with one attached hydrogen (secondary N) is 1. The molecule has 126 valence electrons. The molecular formula is C17H23FN2O3. The highest BCUT2D eigenvalue weighted by atomic mass is 19.1. The van der Waals surface area contributed by atoms with E-state index in [-0.39, 0.29) is 24.6 Å². The Morgan fingerprint density at radius 1 is 1.35 bits per heavy atom. The molecule has 0 aromatic heterocycles. The first-order chi connectivity index (χ1) is 11.1. The van der Waals surface area contributed by atoms with Gasteiger partial charge in [-0.2, -0.15) is 0 Å². The maximum absolute atomic E-state index is 13.0. The summed E-state index contributed by atoms with van der Waals surface area (Å²) in [7, 11) is 0. The second-order valence-corrected chi connectivity index (χ2v) is 6.30. The number of rotatable bonds is 5. The average Bonchev–Trinajstić information content (AvgIpc) is 3.16. The summed E-state index contributed by atoms with van der Waals surface area (Å²) in [5, 5.41) is 13.3. The summed E-state index contributed by atoms with van der Waals surface area (Å²) in [6.07, 6.45) is 3.50. The highest BCUT2D eigenvalue weighted by molar-refractivity contribution is 5.78. The molecule has 2 N–H and O–H groups in total. The summed E-state index contributed by atoms with van der Waals surface area (Å²) in [5.74, 6) is -0.370. The molecule has 0 spiro atoms. The molecule has 2 fully saturated rings. The van der Waals surface area contributed by atoms with E-state index in [1.54, 1.807) is 6.07 Å². The van der Waals surface area contributed by atoms with Crippen LogP contribution in [0.15, 0.2) is 24.3 Å². The van der Waals surface area contributed by atoms with Crippen LogP contribution >= 0.6 is 0 Å². The third kappa shape index (κ3) is 4.00. The first-order valence-corrected chi connectivity index (χ1v) is 8.23. The van der Waals surface area contributed by atoms with Crippen LogP contribution in [-0.2, 0) is 4.79 Å². The predicted octanol–water partition coefficient (Wildman–Crippen LogP) is 1.31. The van der Waals surface area contributed by atoms with E-state index in [9.17, 15) is 14.3 Å². The lowest BCUT2D eigenvalue weighted by atomic mass is 10.1.